The van der Waals surface area contributed by atoms with Crippen LogP contribution in [-0.2, 0) is 70.0 Å². The number of aryl methyl sites for hydroxylation is 1. The number of nitrogens with zero attached hydrogens (tertiary/aromatic N) is 2. The fourth-order valence-corrected chi connectivity index (χ4v) is 8.30. The molecular formula is C48H58N8O11. The largest absolute Gasteiger partial charge is 0.510 e. The molecule has 8 N–H and O–H groups in total. The third-order valence-electron chi connectivity index (χ3n) is 12.1. The molecule has 19 nitrogen and oxygen atoms in total. The first-order chi connectivity index (χ1) is 31.9. The number of aromatic nitrogens is 2. The monoisotopic (exact) mass is 922 g/mol. The van der Waals surface area contributed by atoms with Gasteiger partial charge in [0.25, 0.3) is 5.56 Å². The summed E-state index contributed by atoms with van der Waals surface area (Å²) in [7, 11) is 0. The third kappa shape index (κ3) is 10.9. The van der Waals surface area contributed by atoms with Crippen LogP contribution in [0.2, 0.25) is 0 Å². The summed E-state index contributed by atoms with van der Waals surface area (Å²) in [5.41, 5.74) is 7.54. The minimum absolute atomic E-state index is 0.0383. The predicted octanol–water partition coefficient (Wildman–Crippen LogP) is 4.54. The van der Waals surface area contributed by atoms with E-state index in [2.05, 4.69) is 21.3 Å². The van der Waals surface area contributed by atoms with Crippen molar-refractivity contribution in [2.45, 2.75) is 118 Å². The quantitative estimate of drug-likeness (QED) is 0.0259. The van der Waals surface area contributed by atoms with E-state index in [1.165, 1.54) is 6.07 Å². The van der Waals surface area contributed by atoms with Gasteiger partial charge in [0.05, 0.1) is 29.0 Å². The number of phenolic OH excluding ortho intramolecular Hbond substituents is 1. The zero-order chi connectivity index (χ0) is 48.7. The maximum atomic E-state index is 14.1. The molecule has 4 aromatic rings. The minimum Gasteiger partial charge on any atom is -0.508 e. The van der Waals surface area contributed by atoms with E-state index in [0.29, 0.717) is 41.0 Å². The number of pyridine rings is 2. The molecular weight excluding hydrogens is 865 g/mol. The molecule has 356 valence electrons. The average Bonchev–Trinajstić information content (AvgIpc) is 3.66. The van der Waals surface area contributed by atoms with Crippen molar-refractivity contribution >= 4 is 58.2 Å². The van der Waals surface area contributed by atoms with Gasteiger partial charge in [-0.25, -0.2) is 14.6 Å². The van der Waals surface area contributed by atoms with Gasteiger partial charge in [-0.05, 0) is 79.1 Å². The number of ketones is 1. The Hall–Kier alpha value is -7.31. The molecule has 0 saturated heterocycles. The van der Waals surface area contributed by atoms with Gasteiger partial charge in [0.2, 0.25) is 23.3 Å². The molecule has 0 fully saturated rings. The van der Waals surface area contributed by atoms with Crippen molar-refractivity contribution < 1.29 is 48.1 Å². The molecule has 2 aromatic carbocycles. The summed E-state index contributed by atoms with van der Waals surface area (Å²) in [5, 5.41) is 29.3. The number of hydrogen-bond acceptors (Lipinski definition) is 13. The van der Waals surface area contributed by atoms with Crippen LogP contribution in [0.1, 0.15) is 101 Å². The number of hydrogen-bond donors (Lipinski definition) is 7. The van der Waals surface area contributed by atoms with E-state index < -0.39 is 53.1 Å². The van der Waals surface area contributed by atoms with Crippen LogP contribution in [0.25, 0.3) is 22.3 Å². The normalized spacial score (nSPS) is 15.7. The molecule has 3 amide bonds. The van der Waals surface area contributed by atoms with Crippen LogP contribution in [0.5, 0.6) is 5.75 Å². The number of anilines is 1. The molecule has 0 spiro atoms. The lowest BCUT2D eigenvalue weighted by atomic mass is 9.85. The van der Waals surface area contributed by atoms with Gasteiger partial charge in [-0.3, -0.25) is 29.4 Å². The van der Waals surface area contributed by atoms with Crippen molar-refractivity contribution in [2.24, 2.45) is 17.6 Å². The number of benzene rings is 2. The molecule has 0 bridgehead atoms. The first-order valence-electron chi connectivity index (χ1n) is 22.4. The van der Waals surface area contributed by atoms with Gasteiger partial charge in [-0.15, -0.1) is 0 Å². The number of carbonyl (C=O) groups is 6. The van der Waals surface area contributed by atoms with Gasteiger partial charge in [-0.2, -0.15) is 0 Å². The second-order valence-corrected chi connectivity index (χ2v) is 17.3. The predicted molar refractivity (Wildman–Crippen MR) is 247 cm³/mol. The average molecular weight is 923 g/mol. The van der Waals surface area contributed by atoms with Crippen molar-refractivity contribution in [3.63, 3.8) is 0 Å². The summed E-state index contributed by atoms with van der Waals surface area (Å²) >= 11 is 0. The Bertz CT molecular complexity index is 2660. The summed E-state index contributed by atoms with van der Waals surface area (Å²) in [4.78, 5) is 97.9. The van der Waals surface area contributed by atoms with Crippen LogP contribution in [0.15, 0.2) is 53.3 Å². The summed E-state index contributed by atoms with van der Waals surface area (Å²) in [6.07, 6.45) is -0.215. The lowest BCUT2D eigenvalue weighted by Crippen LogP contribution is -2.54. The van der Waals surface area contributed by atoms with Crippen LogP contribution in [-0.4, -0.2) is 74.9 Å². The number of aromatic hydroxyl groups is 1. The molecule has 2 aliphatic heterocycles. The molecule has 0 saturated carbocycles. The Morgan fingerprint density at radius 3 is 2.36 bits per heavy atom. The molecule has 6 rings (SSSR count). The van der Waals surface area contributed by atoms with Gasteiger partial charge in [-0.1, -0.05) is 53.7 Å². The molecule has 67 heavy (non-hydrogen) atoms. The molecule has 0 radical (unpaired) electrons. The van der Waals surface area contributed by atoms with Gasteiger partial charge in [0, 0.05) is 47.5 Å². The van der Waals surface area contributed by atoms with E-state index >= 15 is 0 Å². The molecule has 2 aliphatic rings. The van der Waals surface area contributed by atoms with Crippen LogP contribution in [0.3, 0.4) is 0 Å². The first-order valence-corrected chi connectivity index (χ1v) is 22.4. The highest BCUT2D eigenvalue weighted by Crippen LogP contribution is 2.42. The fraction of sp³-hybridized carbons (Fsp3) is 0.438. The number of amides is 3. The topological polar surface area (TPSA) is 283 Å². The maximum absolute atomic E-state index is 14.1. The number of carbonyl (C=O) groups excluding carboxylic acids is 6. The lowest BCUT2D eigenvalue weighted by molar-refractivity contribution is -0.175. The number of guanidine groups is 1. The van der Waals surface area contributed by atoms with Crippen molar-refractivity contribution in [1.82, 2.24) is 25.5 Å². The summed E-state index contributed by atoms with van der Waals surface area (Å²) in [6, 6.07) is 10.8. The number of esters is 1. The van der Waals surface area contributed by atoms with Gasteiger partial charge in [0.15, 0.2) is 5.96 Å². The van der Waals surface area contributed by atoms with E-state index in [4.69, 9.17) is 30.3 Å². The number of nitrogens with one attached hydrogen (secondary N) is 5. The number of ether oxygens (including phenoxy) is 3. The van der Waals surface area contributed by atoms with E-state index in [-0.39, 0.29) is 92.4 Å². The minimum atomic E-state index is -2.00. The molecule has 3 atom stereocenters. The van der Waals surface area contributed by atoms with Crippen LogP contribution < -0.4 is 32.6 Å². The highest BCUT2D eigenvalue weighted by atomic mass is 16.7. The molecule has 0 aliphatic carbocycles. The van der Waals surface area contributed by atoms with E-state index in [0.717, 1.165) is 16.5 Å². The Balaban J connectivity index is 1.13. The highest BCUT2D eigenvalue weighted by Gasteiger charge is 2.51. The van der Waals surface area contributed by atoms with Crippen molar-refractivity contribution in [2.75, 3.05) is 11.9 Å². The molecule has 19 heteroatoms. The van der Waals surface area contributed by atoms with Crippen LogP contribution >= 0.6 is 0 Å². The second kappa shape index (κ2) is 20.9. The zero-order valence-corrected chi connectivity index (χ0v) is 38.5. The Kier molecular flexibility index (Phi) is 15.3. The third-order valence-corrected chi connectivity index (χ3v) is 12.1. The maximum Gasteiger partial charge on any atom is 0.510 e. The smallest absolute Gasteiger partial charge is 0.508 e. The van der Waals surface area contributed by atoms with E-state index in [1.807, 2.05) is 6.92 Å². The molecule has 2 aromatic heterocycles. The van der Waals surface area contributed by atoms with Crippen LogP contribution in [0, 0.1) is 17.2 Å². The standard InChI is InChI=1S/C48H58N8O11/c1-7-30-31-20-29(57)15-16-35(31)53-41-32(30)22-56-37(41)21-34-33(44(56)62)24-65-45(63)48(34,8-2)67-47(64)66-23-27-11-13-28(14-12-27)52-42(60)36(10-9-19-51-46(49)50)54-43(61)40(26(5)6)55-39(59)18-17-38(58)25(3)4/h11-16,20-21,25-26,36,40,57H,7-10,17-19,22-24H2,1-6H3,(H,52,60)(H,54,61)(H,55,59)(H4,49,50,51)/t36-,40-,48-/m0/s1. The summed E-state index contributed by atoms with van der Waals surface area (Å²) in [5.74, 6) is -3.28. The number of Topliss-reactive ketones (excluding diaryl/α,β-unsaturated/α-hetero) is 1. The SMILES string of the molecule is CCc1c2c(nc3ccc(O)cc13)-c1cc3c(c(=O)n1C2)COC(=O)[C@@]3(CC)OC(=O)OCc1ccc(NC(=O)[C@H](CCCNC(=N)N)NC(=O)[C@@H](NC(=O)CCC(=O)C(C)C)C(C)C)cc1. The number of phenols is 1. The van der Waals surface area contributed by atoms with Gasteiger partial charge in [0.1, 0.15) is 36.8 Å². The van der Waals surface area contributed by atoms with Crippen LogP contribution in [0.4, 0.5) is 10.5 Å². The van der Waals surface area contributed by atoms with Crippen molar-refractivity contribution in [3.05, 3.63) is 86.7 Å². The van der Waals surface area contributed by atoms with Gasteiger partial charge < -0.3 is 50.9 Å². The van der Waals surface area contributed by atoms with Gasteiger partial charge >= 0.3 is 12.1 Å². The van der Waals surface area contributed by atoms with E-state index in [1.54, 1.807) is 81.7 Å². The summed E-state index contributed by atoms with van der Waals surface area (Å²) in [6.45, 7) is 10.4. The highest BCUT2D eigenvalue weighted by molar-refractivity contribution is 5.99. The first kappa shape index (κ1) is 49.1. The number of fused-ring (bicyclic) bond motifs is 5. The Labute approximate surface area is 387 Å². The zero-order valence-electron chi connectivity index (χ0n) is 38.5. The van der Waals surface area contributed by atoms with Crippen molar-refractivity contribution in [1.29, 1.82) is 5.41 Å². The Morgan fingerprint density at radius 2 is 1.70 bits per heavy atom. The van der Waals surface area contributed by atoms with Crippen molar-refractivity contribution in [3.8, 4) is 17.1 Å². The summed E-state index contributed by atoms with van der Waals surface area (Å²) < 4.78 is 18.3. The van der Waals surface area contributed by atoms with E-state index in [9.17, 15) is 38.7 Å². The number of nitrogens with two attached hydrogens (primary N) is 1. The number of cyclic esters (lactones) is 1. The number of rotatable bonds is 19. The second-order valence-electron chi connectivity index (χ2n) is 17.3. The molecule has 0 unspecified atom stereocenters. The fourth-order valence-electron chi connectivity index (χ4n) is 8.30. The lowest BCUT2D eigenvalue weighted by Gasteiger charge is -2.35. The Morgan fingerprint density at radius 1 is 0.970 bits per heavy atom. The molecule has 4 heterocycles.